The molecular weight excluding hydrogens is 310 g/mol. The average molecular weight is 334 g/mol. The summed E-state index contributed by atoms with van der Waals surface area (Å²) >= 11 is 6.42. The summed E-state index contributed by atoms with van der Waals surface area (Å²) in [6.45, 7) is 3.99. The standard InChI is InChI=1S/C17H24ClN5/c1-11-12(16(18)22(2)21-11)10-23-9-5-8-15(23)17-19-13-6-3-4-7-14(13)20-17/h15H,3-10H2,1-2H3,(H,19,20). The maximum atomic E-state index is 6.42. The number of aromatic amines is 1. The second-order valence-corrected chi connectivity index (χ2v) is 7.22. The Bertz CT molecular complexity index is 693. The number of nitrogens with one attached hydrogen (secondary N) is 1. The molecule has 3 heterocycles. The van der Waals surface area contributed by atoms with Crippen molar-refractivity contribution < 1.29 is 0 Å². The van der Waals surface area contributed by atoms with Crippen molar-refractivity contribution in [3.8, 4) is 0 Å². The van der Waals surface area contributed by atoms with E-state index in [1.54, 1.807) is 4.68 Å². The molecular formula is C17H24ClN5. The lowest BCUT2D eigenvalue weighted by Gasteiger charge is -2.22. The molecule has 1 atom stereocenters. The van der Waals surface area contributed by atoms with E-state index in [1.807, 2.05) is 14.0 Å². The van der Waals surface area contributed by atoms with Crippen LogP contribution in [0.4, 0.5) is 0 Å². The Balaban J connectivity index is 1.58. The molecule has 6 heteroatoms. The molecule has 0 radical (unpaired) electrons. The van der Waals surface area contributed by atoms with E-state index in [1.165, 1.54) is 37.1 Å². The fourth-order valence-electron chi connectivity index (χ4n) is 4.01. The highest BCUT2D eigenvalue weighted by Gasteiger charge is 2.31. The topological polar surface area (TPSA) is 49.7 Å². The van der Waals surface area contributed by atoms with Gasteiger partial charge in [0.1, 0.15) is 11.0 Å². The first-order valence-electron chi connectivity index (χ1n) is 8.63. The van der Waals surface area contributed by atoms with Crippen molar-refractivity contribution in [1.29, 1.82) is 0 Å². The highest BCUT2D eigenvalue weighted by atomic mass is 35.5. The minimum absolute atomic E-state index is 0.385. The van der Waals surface area contributed by atoms with E-state index >= 15 is 0 Å². The molecule has 0 aromatic carbocycles. The third-order valence-corrected chi connectivity index (χ3v) is 5.76. The number of hydrogen-bond donors (Lipinski definition) is 1. The van der Waals surface area contributed by atoms with Crippen molar-refractivity contribution in [3.63, 3.8) is 0 Å². The largest absolute Gasteiger partial charge is 0.344 e. The molecule has 1 unspecified atom stereocenters. The third-order valence-electron chi connectivity index (χ3n) is 5.28. The van der Waals surface area contributed by atoms with E-state index < -0.39 is 0 Å². The smallest absolute Gasteiger partial charge is 0.131 e. The van der Waals surface area contributed by atoms with E-state index in [9.17, 15) is 0 Å². The van der Waals surface area contributed by atoms with Gasteiger partial charge in [-0.05, 0) is 52.0 Å². The Hall–Kier alpha value is -1.33. The van der Waals surface area contributed by atoms with Gasteiger partial charge in [0, 0.05) is 24.8 Å². The van der Waals surface area contributed by atoms with Crippen LogP contribution < -0.4 is 0 Å². The van der Waals surface area contributed by atoms with Crippen molar-refractivity contribution >= 4 is 11.6 Å². The maximum Gasteiger partial charge on any atom is 0.131 e. The van der Waals surface area contributed by atoms with Gasteiger partial charge in [0.25, 0.3) is 0 Å². The molecule has 4 rings (SSSR count). The van der Waals surface area contributed by atoms with Crippen molar-refractivity contribution in [2.24, 2.45) is 7.05 Å². The molecule has 0 bridgehead atoms. The molecule has 1 saturated heterocycles. The zero-order valence-electron chi connectivity index (χ0n) is 13.9. The first-order valence-corrected chi connectivity index (χ1v) is 9.01. The van der Waals surface area contributed by atoms with Crippen LogP contribution in [0.3, 0.4) is 0 Å². The van der Waals surface area contributed by atoms with Crippen LogP contribution in [-0.4, -0.2) is 31.2 Å². The predicted molar refractivity (Wildman–Crippen MR) is 90.6 cm³/mol. The summed E-state index contributed by atoms with van der Waals surface area (Å²) in [5, 5.41) is 5.19. The van der Waals surface area contributed by atoms with Crippen LogP contribution in [0.5, 0.6) is 0 Å². The summed E-state index contributed by atoms with van der Waals surface area (Å²) in [4.78, 5) is 11.0. The average Bonchev–Trinajstić information content (AvgIpc) is 3.22. The number of nitrogens with zero attached hydrogens (tertiary/aromatic N) is 4. The number of rotatable bonds is 3. The van der Waals surface area contributed by atoms with Gasteiger partial charge in [-0.1, -0.05) is 11.6 Å². The summed E-state index contributed by atoms with van der Waals surface area (Å²) in [5.74, 6) is 1.16. The Morgan fingerprint density at radius 2 is 2.09 bits per heavy atom. The molecule has 5 nitrogen and oxygen atoms in total. The predicted octanol–water partition coefficient (Wildman–Crippen LogP) is 3.32. The van der Waals surface area contributed by atoms with Gasteiger partial charge in [-0.25, -0.2) is 4.98 Å². The molecule has 2 aliphatic rings. The Labute approximate surface area is 142 Å². The summed E-state index contributed by atoms with van der Waals surface area (Å²) in [7, 11) is 1.90. The van der Waals surface area contributed by atoms with Gasteiger partial charge in [-0.2, -0.15) is 5.10 Å². The number of imidazole rings is 1. The SMILES string of the molecule is Cc1nn(C)c(Cl)c1CN1CCCC1c1nc2c([nH]1)CCCC2. The number of fused-ring (bicyclic) bond motifs is 1. The van der Waals surface area contributed by atoms with Gasteiger partial charge in [0.15, 0.2) is 0 Å². The van der Waals surface area contributed by atoms with Crippen LogP contribution in [0.1, 0.15) is 60.2 Å². The molecule has 23 heavy (non-hydrogen) atoms. The lowest BCUT2D eigenvalue weighted by molar-refractivity contribution is 0.240. The quantitative estimate of drug-likeness (QED) is 0.937. The van der Waals surface area contributed by atoms with Crippen LogP contribution in [-0.2, 0) is 26.4 Å². The van der Waals surface area contributed by atoms with E-state index in [0.29, 0.717) is 6.04 Å². The fourth-order valence-corrected chi connectivity index (χ4v) is 4.25. The minimum atomic E-state index is 0.385. The van der Waals surface area contributed by atoms with Crippen molar-refractivity contribution in [2.45, 2.75) is 58.0 Å². The highest BCUT2D eigenvalue weighted by Crippen LogP contribution is 2.34. The summed E-state index contributed by atoms with van der Waals surface area (Å²) in [5.41, 5.74) is 4.85. The first kappa shape index (κ1) is 15.2. The van der Waals surface area contributed by atoms with Gasteiger partial charge in [0.05, 0.1) is 17.4 Å². The van der Waals surface area contributed by atoms with Gasteiger partial charge < -0.3 is 4.98 Å². The zero-order valence-corrected chi connectivity index (χ0v) is 14.7. The number of H-pyrrole nitrogens is 1. The number of aryl methyl sites for hydroxylation is 4. The fraction of sp³-hybridized carbons (Fsp3) is 0.647. The van der Waals surface area contributed by atoms with Gasteiger partial charge in [-0.15, -0.1) is 0 Å². The van der Waals surface area contributed by atoms with Gasteiger partial charge >= 0.3 is 0 Å². The van der Waals surface area contributed by atoms with Crippen molar-refractivity contribution in [1.82, 2.24) is 24.6 Å². The molecule has 1 fully saturated rings. The van der Waals surface area contributed by atoms with Crippen LogP contribution in [0.2, 0.25) is 5.15 Å². The number of likely N-dealkylation sites (tertiary alicyclic amines) is 1. The van der Waals surface area contributed by atoms with Gasteiger partial charge in [-0.3, -0.25) is 9.58 Å². The maximum absolute atomic E-state index is 6.42. The number of hydrogen-bond acceptors (Lipinski definition) is 3. The molecule has 1 N–H and O–H groups in total. The van der Waals surface area contributed by atoms with E-state index in [2.05, 4.69) is 15.0 Å². The zero-order chi connectivity index (χ0) is 16.0. The first-order chi connectivity index (χ1) is 11.1. The molecule has 1 aliphatic heterocycles. The molecule has 1 aliphatic carbocycles. The monoisotopic (exact) mass is 333 g/mol. The van der Waals surface area contributed by atoms with Crippen molar-refractivity contribution in [3.05, 3.63) is 33.6 Å². The van der Waals surface area contributed by atoms with Crippen LogP contribution in [0, 0.1) is 6.92 Å². The molecule has 124 valence electrons. The second kappa shape index (κ2) is 5.95. The summed E-state index contributed by atoms with van der Waals surface area (Å²) in [6.07, 6.45) is 7.23. The van der Waals surface area contributed by atoms with Crippen LogP contribution in [0.25, 0.3) is 0 Å². The van der Waals surface area contributed by atoms with Crippen LogP contribution >= 0.6 is 11.6 Å². The number of aromatic nitrogens is 4. The highest BCUT2D eigenvalue weighted by molar-refractivity contribution is 6.30. The van der Waals surface area contributed by atoms with Crippen molar-refractivity contribution in [2.75, 3.05) is 6.54 Å². The Morgan fingerprint density at radius 3 is 2.83 bits per heavy atom. The third kappa shape index (κ3) is 2.70. The van der Waals surface area contributed by atoms with E-state index in [4.69, 9.17) is 16.6 Å². The Kier molecular flexibility index (Phi) is 3.93. The van der Waals surface area contributed by atoms with Crippen LogP contribution in [0.15, 0.2) is 0 Å². The summed E-state index contributed by atoms with van der Waals surface area (Å²) in [6, 6.07) is 0.385. The lowest BCUT2D eigenvalue weighted by Crippen LogP contribution is -2.24. The molecule has 2 aromatic rings. The van der Waals surface area contributed by atoms with Gasteiger partial charge in [0.2, 0.25) is 0 Å². The molecule has 0 saturated carbocycles. The molecule has 0 spiro atoms. The van der Waals surface area contributed by atoms with E-state index in [0.717, 1.165) is 48.2 Å². The minimum Gasteiger partial charge on any atom is -0.344 e. The Morgan fingerprint density at radius 1 is 1.26 bits per heavy atom. The lowest BCUT2D eigenvalue weighted by atomic mass is 10.0. The number of halogens is 1. The molecule has 0 amide bonds. The van der Waals surface area contributed by atoms with E-state index in [-0.39, 0.29) is 0 Å². The summed E-state index contributed by atoms with van der Waals surface area (Å²) < 4.78 is 1.77. The molecule has 2 aromatic heterocycles. The second-order valence-electron chi connectivity index (χ2n) is 6.86. The normalized spacial score (nSPS) is 21.8.